The lowest BCUT2D eigenvalue weighted by molar-refractivity contribution is -0.141. The quantitative estimate of drug-likeness (QED) is 0.552. The van der Waals surface area contributed by atoms with Crippen LogP contribution >= 0.6 is 22.9 Å². The van der Waals surface area contributed by atoms with Crippen molar-refractivity contribution in [1.29, 1.82) is 5.26 Å². The van der Waals surface area contributed by atoms with Crippen molar-refractivity contribution in [2.45, 2.75) is 61.9 Å². The number of benzene rings is 1. The molecule has 2 saturated heterocycles. The van der Waals surface area contributed by atoms with Gasteiger partial charge in [0.2, 0.25) is 5.91 Å². The largest absolute Gasteiger partial charge is 0.338 e. The average Bonchev–Trinajstić information content (AvgIpc) is 3.22. The monoisotopic (exact) mass is 508 g/mol. The molecule has 0 bridgehead atoms. The van der Waals surface area contributed by atoms with E-state index in [2.05, 4.69) is 18.7 Å². The normalized spacial score (nSPS) is 21.3. The highest BCUT2D eigenvalue weighted by Gasteiger charge is 2.42. The van der Waals surface area contributed by atoms with Gasteiger partial charge in [0.05, 0.1) is 6.07 Å². The van der Waals surface area contributed by atoms with Gasteiger partial charge in [0.1, 0.15) is 16.8 Å². The highest BCUT2D eigenvalue weighted by molar-refractivity contribution is 7.91. The van der Waals surface area contributed by atoms with Crippen molar-refractivity contribution in [3.8, 4) is 6.07 Å². The van der Waals surface area contributed by atoms with Crippen molar-refractivity contribution in [3.63, 3.8) is 0 Å². The Kier molecular flexibility index (Phi) is 7.32. The van der Waals surface area contributed by atoms with Gasteiger partial charge in [-0.05, 0) is 63.1 Å². The molecule has 0 spiro atoms. The van der Waals surface area contributed by atoms with Crippen molar-refractivity contribution in [3.05, 3.63) is 29.3 Å². The Morgan fingerprint density at radius 1 is 1.21 bits per heavy atom. The highest BCUT2D eigenvalue weighted by Crippen LogP contribution is 2.35. The lowest BCUT2D eigenvalue weighted by Crippen LogP contribution is -2.58. The van der Waals surface area contributed by atoms with Gasteiger partial charge in [-0.25, -0.2) is 8.42 Å². The van der Waals surface area contributed by atoms with E-state index in [1.54, 1.807) is 24.3 Å². The number of amides is 1. The first-order chi connectivity index (χ1) is 15.7. The van der Waals surface area contributed by atoms with Crippen molar-refractivity contribution >= 4 is 49.0 Å². The average molecular weight is 509 g/mol. The molecule has 7 nitrogen and oxygen atoms in total. The number of fused-ring (bicyclic) bond motifs is 1. The summed E-state index contributed by atoms with van der Waals surface area (Å²) in [6.07, 6.45) is 2.93. The number of carbonyl (C=O) groups is 1. The summed E-state index contributed by atoms with van der Waals surface area (Å²) in [7, 11) is -4.01. The van der Waals surface area contributed by atoms with E-state index in [4.69, 9.17) is 11.6 Å². The Morgan fingerprint density at radius 2 is 1.94 bits per heavy atom. The Bertz CT molecular complexity index is 1170. The van der Waals surface area contributed by atoms with Crippen molar-refractivity contribution in [1.82, 2.24) is 14.1 Å². The predicted molar refractivity (Wildman–Crippen MR) is 131 cm³/mol. The minimum Gasteiger partial charge on any atom is -0.338 e. The first kappa shape index (κ1) is 24.4. The van der Waals surface area contributed by atoms with Gasteiger partial charge in [0.15, 0.2) is 0 Å². The van der Waals surface area contributed by atoms with Gasteiger partial charge in [-0.15, -0.1) is 11.3 Å². The third-order valence-corrected chi connectivity index (χ3v) is 10.3. The molecule has 1 amide bonds. The molecule has 2 aliphatic rings. The highest BCUT2D eigenvalue weighted by atomic mass is 35.5. The summed E-state index contributed by atoms with van der Waals surface area (Å²) in [5.41, 5.74) is 0. The number of thiophene rings is 1. The van der Waals surface area contributed by atoms with E-state index in [1.165, 1.54) is 0 Å². The van der Waals surface area contributed by atoms with E-state index in [1.807, 2.05) is 11.0 Å². The number of likely N-dealkylation sites (tertiary alicyclic amines) is 2. The first-order valence-corrected chi connectivity index (χ1v) is 14.0. The summed E-state index contributed by atoms with van der Waals surface area (Å²) in [6, 6.07) is 8.54. The third kappa shape index (κ3) is 4.91. The lowest BCUT2D eigenvalue weighted by Gasteiger charge is -2.44. The number of halogens is 1. The summed E-state index contributed by atoms with van der Waals surface area (Å²) in [5, 5.41) is 10.7. The number of piperidine rings is 2. The predicted octanol–water partition coefficient (Wildman–Crippen LogP) is 3.93. The second-order valence-corrected chi connectivity index (χ2v) is 12.6. The molecule has 0 aliphatic carbocycles. The van der Waals surface area contributed by atoms with E-state index in [9.17, 15) is 18.5 Å². The molecule has 2 fully saturated rings. The number of hydrogen-bond acceptors (Lipinski definition) is 6. The van der Waals surface area contributed by atoms with Crippen LogP contribution in [0.2, 0.25) is 5.02 Å². The zero-order valence-corrected chi connectivity index (χ0v) is 21.3. The van der Waals surface area contributed by atoms with Gasteiger partial charge in [-0.3, -0.25) is 4.79 Å². The van der Waals surface area contributed by atoms with Crippen molar-refractivity contribution in [2.75, 3.05) is 26.2 Å². The van der Waals surface area contributed by atoms with E-state index >= 15 is 0 Å². The van der Waals surface area contributed by atoms with E-state index in [-0.39, 0.29) is 22.7 Å². The van der Waals surface area contributed by atoms with Crippen molar-refractivity contribution < 1.29 is 13.2 Å². The molecule has 1 unspecified atom stereocenters. The van der Waals surface area contributed by atoms with Crippen LogP contribution in [0.5, 0.6) is 0 Å². The summed E-state index contributed by atoms with van der Waals surface area (Å²) >= 11 is 7.18. The Balaban J connectivity index is 1.58. The molecule has 1 aromatic heterocycles. The second kappa shape index (κ2) is 9.88. The number of nitrogens with zero attached hydrogens (tertiary/aromatic N) is 4. The zero-order valence-electron chi connectivity index (χ0n) is 18.9. The molecule has 3 heterocycles. The van der Waals surface area contributed by atoms with Crippen LogP contribution in [0.25, 0.3) is 10.1 Å². The minimum atomic E-state index is -4.01. The van der Waals surface area contributed by atoms with Crippen LogP contribution in [-0.4, -0.2) is 72.7 Å². The topological polar surface area (TPSA) is 84.7 Å². The summed E-state index contributed by atoms with van der Waals surface area (Å²) in [5.74, 6) is -0.174. The summed E-state index contributed by atoms with van der Waals surface area (Å²) in [6.45, 7) is 6.50. The SMILES string of the molecule is CC(C)N1CCC(N2CCCC(N(CC#N)S(=O)(=O)c3cc4ccc(Cl)cc4s3)C2=O)CC1. The van der Waals surface area contributed by atoms with Crippen LogP contribution in [0.3, 0.4) is 0 Å². The number of rotatable bonds is 6. The minimum absolute atomic E-state index is 0.119. The zero-order chi connectivity index (χ0) is 23.8. The number of hydrogen-bond donors (Lipinski definition) is 0. The van der Waals surface area contributed by atoms with E-state index < -0.39 is 16.1 Å². The van der Waals surface area contributed by atoms with Crippen LogP contribution < -0.4 is 0 Å². The van der Waals surface area contributed by atoms with Gasteiger partial charge < -0.3 is 9.80 Å². The maximum atomic E-state index is 13.6. The molecule has 0 radical (unpaired) electrons. The maximum Gasteiger partial charge on any atom is 0.254 e. The van der Waals surface area contributed by atoms with Crippen molar-refractivity contribution in [2.24, 2.45) is 0 Å². The Hall–Kier alpha value is -1.70. The maximum absolute atomic E-state index is 13.6. The molecule has 178 valence electrons. The molecule has 10 heteroatoms. The molecule has 0 saturated carbocycles. The molecule has 4 rings (SSSR count). The van der Waals surface area contributed by atoms with Gasteiger partial charge in [0, 0.05) is 41.4 Å². The molecule has 1 aromatic carbocycles. The Labute approximate surface area is 204 Å². The second-order valence-electron chi connectivity index (χ2n) is 9.01. The van der Waals surface area contributed by atoms with Crippen LogP contribution in [-0.2, 0) is 14.8 Å². The first-order valence-electron chi connectivity index (χ1n) is 11.3. The van der Waals surface area contributed by atoms with Gasteiger partial charge in [-0.1, -0.05) is 17.7 Å². The molecular weight excluding hydrogens is 480 g/mol. The molecule has 2 aromatic rings. The number of carbonyl (C=O) groups excluding carboxylic acids is 1. The number of nitriles is 1. The van der Waals surface area contributed by atoms with Gasteiger partial charge in [0.25, 0.3) is 10.0 Å². The summed E-state index contributed by atoms with van der Waals surface area (Å²) in [4.78, 5) is 17.8. The Morgan fingerprint density at radius 3 is 2.61 bits per heavy atom. The molecule has 0 N–H and O–H groups in total. The third-order valence-electron chi connectivity index (χ3n) is 6.71. The smallest absolute Gasteiger partial charge is 0.254 e. The number of sulfonamides is 1. The fraction of sp³-hybridized carbons (Fsp3) is 0.565. The molecule has 33 heavy (non-hydrogen) atoms. The van der Waals surface area contributed by atoms with Crippen LogP contribution in [0, 0.1) is 11.3 Å². The molecule has 1 atom stereocenters. The fourth-order valence-corrected chi connectivity index (χ4v) is 8.19. The van der Waals surface area contributed by atoms with Crippen LogP contribution in [0.15, 0.2) is 28.5 Å². The van der Waals surface area contributed by atoms with Crippen LogP contribution in [0.4, 0.5) is 0 Å². The van der Waals surface area contributed by atoms with Gasteiger partial charge >= 0.3 is 0 Å². The molecule has 2 aliphatic heterocycles. The van der Waals surface area contributed by atoms with Crippen LogP contribution in [0.1, 0.15) is 39.5 Å². The van der Waals surface area contributed by atoms with E-state index in [0.29, 0.717) is 24.0 Å². The lowest BCUT2D eigenvalue weighted by atomic mass is 9.96. The van der Waals surface area contributed by atoms with Gasteiger partial charge in [-0.2, -0.15) is 9.57 Å². The standard InChI is InChI=1S/C23H29ClN4O3S2/c1-16(2)26-11-7-19(8-12-26)27-10-3-4-20(23(27)29)28(13-9-25)33(30,31)22-14-17-5-6-18(24)15-21(17)32-22/h5-6,14-16,19-20H,3-4,7-8,10-13H2,1-2H3. The fourth-order valence-electron chi connectivity index (χ4n) is 4.88. The van der Waals surface area contributed by atoms with E-state index in [0.717, 1.165) is 58.1 Å². The molecular formula is C23H29ClN4O3S2. The summed E-state index contributed by atoms with van der Waals surface area (Å²) < 4.78 is 29.2.